The van der Waals surface area contributed by atoms with Crippen LogP contribution in [-0.2, 0) is 17.8 Å². The van der Waals surface area contributed by atoms with Crippen LogP contribution in [0.2, 0.25) is 0 Å². The van der Waals surface area contributed by atoms with Gasteiger partial charge in [0.1, 0.15) is 30.0 Å². The molecule has 5 N–H and O–H groups in total. The van der Waals surface area contributed by atoms with Gasteiger partial charge in [0, 0.05) is 40.7 Å². The van der Waals surface area contributed by atoms with Gasteiger partial charge in [-0.3, -0.25) is 9.59 Å². The number of nitrogens with two attached hydrogens (primary N) is 1. The average molecular weight is 664 g/mol. The Morgan fingerprint density at radius 1 is 0.979 bits per heavy atom. The van der Waals surface area contributed by atoms with Crippen LogP contribution in [0.15, 0.2) is 97.2 Å². The summed E-state index contributed by atoms with van der Waals surface area (Å²) in [6.45, 7) is 0.494. The summed E-state index contributed by atoms with van der Waals surface area (Å²) < 4.78 is 8.35. The number of amides is 2. The number of rotatable bonds is 10. The quantitative estimate of drug-likeness (QED) is 0.123. The third-order valence-corrected chi connectivity index (χ3v) is 9.08. The van der Waals surface area contributed by atoms with Crippen molar-refractivity contribution < 1.29 is 19.4 Å². The van der Waals surface area contributed by atoms with Gasteiger partial charge < -0.3 is 30.4 Å². The number of primary amides is 1. The fourth-order valence-corrected chi connectivity index (χ4v) is 6.61. The molecule has 2 aromatic heterocycles. The normalized spacial score (nSPS) is 14.0. The van der Waals surface area contributed by atoms with Crippen molar-refractivity contribution in [1.82, 2.24) is 19.9 Å². The molecule has 4 aromatic carbocycles. The van der Waals surface area contributed by atoms with E-state index in [9.17, 15) is 14.7 Å². The summed E-state index contributed by atoms with van der Waals surface area (Å²) >= 11 is 0. The number of aromatic hydroxyl groups is 1. The first-order valence-electron chi connectivity index (χ1n) is 16.1. The maximum Gasteiger partial charge on any atom is 0.252 e. The Kier molecular flexibility index (Phi) is 9.68. The van der Waals surface area contributed by atoms with E-state index in [0.29, 0.717) is 23.7 Å². The fourth-order valence-electron chi connectivity index (χ4n) is 6.61. The molecule has 246 valence electrons. The Hall–Kier alpha value is -5.28. The predicted octanol–water partition coefficient (Wildman–Crippen LogP) is 7.22. The van der Waals surface area contributed by atoms with Crippen molar-refractivity contribution in [2.75, 3.05) is 0 Å². The highest BCUT2D eigenvalue weighted by Gasteiger charge is 2.25. The standard InChI is InChI=1S/C38H37N5O4.ClH/c39-36(45)34(20-27-22-40-32-17-14-29(44)21-31(27)32)42-38(46)26-13-18-35-33(19-26)41-37(43(35)28-9-5-2-6-10-28)25-11-15-30(16-12-25)47-23-24-7-3-1-4-8-24;/h1,3-4,7-8,11-19,21-22,28,34,40,44H,2,5-6,9-10,20,23H2,(H2,39,45)(H,42,46);1H. The summed E-state index contributed by atoms with van der Waals surface area (Å²) in [6, 6.07) is 28.0. The summed E-state index contributed by atoms with van der Waals surface area (Å²) in [7, 11) is 0. The Morgan fingerprint density at radius 3 is 2.50 bits per heavy atom. The number of carbonyl (C=O) groups is 2. The van der Waals surface area contributed by atoms with E-state index < -0.39 is 17.9 Å². The lowest BCUT2D eigenvalue weighted by molar-refractivity contribution is -0.119. The molecule has 7 rings (SSSR count). The molecule has 1 unspecified atom stereocenters. The smallest absolute Gasteiger partial charge is 0.252 e. The number of halogens is 1. The summed E-state index contributed by atoms with van der Waals surface area (Å²) in [5.41, 5.74) is 11.5. The summed E-state index contributed by atoms with van der Waals surface area (Å²) in [4.78, 5) is 34.1. The monoisotopic (exact) mass is 663 g/mol. The van der Waals surface area contributed by atoms with Crippen molar-refractivity contribution in [2.24, 2.45) is 5.73 Å². The molecule has 2 heterocycles. The van der Waals surface area contributed by atoms with Gasteiger partial charge in [-0.05, 0) is 84.6 Å². The van der Waals surface area contributed by atoms with Crippen LogP contribution < -0.4 is 15.8 Å². The minimum Gasteiger partial charge on any atom is -0.508 e. The maximum absolute atomic E-state index is 13.5. The van der Waals surface area contributed by atoms with Gasteiger partial charge in [-0.15, -0.1) is 12.4 Å². The largest absolute Gasteiger partial charge is 0.508 e. The van der Waals surface area contributed by atoms with Gasteiger partial charge in [0.15, 0.2) is 0 Å². The van der Waals surface area contributed by atoms with E-state index in [-0.39, 0.29) is 24.6 Å². The van der Waals surface area contributed by atoms with Crippen molar-refractivity contribution in [3.63, 3.8) is 0 Å². The number of imidazole rings is 1. The first kappa shape index (κ1) is 32.7. The second-order valence-electron chi connectivity index (χ2n) is 12.3. The molecule has 1 atom stereocenters. The second kappa shape index (κ2) is 14.2. The van der Waals surface area contributed by atoms with Gasteiger partial charge in [-0.25, -0.2) is 4.98 Å². The number of fused-ring (bicyclic) bond motifs is 2. The number of phenolic OH excluding ortho intramolecular Hbond substituents is 1. The topological polar surface area (TPSA) is 135 Å². The number of phenols is 1. The zero-order chi connectivity index (χ0) is 32.3. The Morgan fingerprint density at radius 2 is 1.75 bits per heavy atom. The number of carbonyl (C=O) groups excluding carboxylic acids is 2. The minimum atomic E-state index is -0.947. The third-order valence-electron chi connectivity index (χ3n) is 9.08. The fraction of sp³-hybridized carbons (Fsp3) is 0.237. The lowest BCUT2D eigenvalue weighted by Gasteiger charge is -2.25. The number of nitrogens with zero attached hydrogens (tertiary/aromatic N) is 2. The summed E-state index contributed by atoms with van der Waals surface area (Å²) in [6.07, 6.45) is 7.66. The molecule has 48 heavy (non-hydrogen) atoms. The number of benzene rings is 4. The first-order chi connectivity index (χ1) is 22.9. The Labute approximate surface area is 284 Å². The van der Waals surface area contributed by atoms with Gasteiger partial charge >= 0.3 is 0 Å². The van der Waals surface area contributed by atoms with Crippen LogP contribution >= 0.6 is 12.4 Å². The number of hydrogen-bond acceptors (Lipinski definition) is 5. The molecule has 9 nitrogen and oxygen atoms in total. The number of nitrogens with one attached hydrogen (secondary N) is 2. The molecule has 0 aliphatic heterocycles. The summed E-state index contributed by atoms with van der Waals surface area (Å²) in [5.74, 6) is 0.703. The molecule has 1 aliphatic rings. The zero-order valence-electron chi connectivity index (χ0n) is 26.4. The molecule has 0 radical (unpaired) electrons. The lowest BCUT2D eigenvalue weighted by atomic mass is 9.94. The van der Waals surface area contributed by atoms with Crippen molar-refractivity contribution in [3.05, 3.63) is 114 Å². The molecule has 2 amide bonds. The van der Waals surface area contributed by atoms with Crippen molar-refractivity contribution >= 4 is 46.2 Å². The Balaban J connectivity index is 0.00000401. The molecule has 0 spiro atoms. The van der Waals surface area contributed by atoms with Crippen molar-refractivity contribution in [2.45, 2.75) is 57.2 Å². The van der Waals surface area contributed by atoms with Gasteiger partial charge in [-0.2, -0.15) is 0 Å². The van der Waals surface area contributed by atoms with Crippen LogP contribution in [0.1, 0.15) is 59.6 Å². The number of aromatic nitrogens is 3. The molecular formula is C38H38ClN5O4. The maximum atomic E-state index is 13.5. The molecule has 0 bridgehead atoms. The molecule has 0 saturated heterocycles. The number of hydrogen-bond donors (Lipinski definition) is 4. The molecule has 1 saturated carbocycles. The molecule has 6 aromatic rings. The van der Waals surface area contributed by atoms with E-state index >= 15 is 0 Å². The van der Waals surface area contributed by atoms with Gasteiger partial charge in [0.05, 0.1) is 11.0 Å². The summed E-state index contributed by atoms with van der Waals surface area (Å²) in [5, 5.41) is 13.5. The van der Waals surface area contributed by atoms with E-state index in [0.717, 1.165) is 57.5 Å². The van der Waals surface area contributed by atoms with Crippen LogP contribution in [-0.4, -0.2) is 37.5 Å². The first-order valence-corrected chi connectivity index (χ1v) is 16.1. The number of ether oxygens (including phenoxy) is 1. The average Bonchev–Trinajstić information content (AvgIpc) is 3.68. The SMILES string of the molecule is Cl.NC(=O)C(Cc1c[nH]c2ccc(O)cc12)NC(=O)c1ccc2c(c1)nc(-c1ccc(OCc3ccccc3)cc1)n2C1CCCCC1. The van der Waals surface area contributed by atoms with E-state index in [2.05, 4.69) is 14.9 Å². The molecule has 10 heteroatoms. The van der Waals surface area contributed by atoms with Gasteiger partial charge in [0.2, 0.25) is 5.91 Å². The van der Waals surface area contributed by atoms with Crippen LogP contribution in [0.4, 0.5) is 0 Å². The third kappa shape index (κ3) is 6.87. The second-order valence-corrected chi connectivity index (χ2v) is 12.3. The van der Waals surface area contributed by atoms with Crippen molar-refractivity contribution in [1.29, 1.82) is 0 Å². The van der Waals surface area contributed by atoms with E-state index in [1.54, 1.807) is 36.5 Å². The molecule has 1 aliphatic carbocycles. The van der Waals surface area contributed by atoms with Gasteiger partial charge in [-0.1, -0.05) is 49.6 Å². The zero-order valence-corrected chi connectivity index (χ0v) is 27.2. The highest BCUT2D eigenvalue weighted by atomic mass is 35.5. The number of aromatic amines is 1. The predicted molar refractivity (Wildman–Crippen MR) is 189 cm³/mol. The van der Waals surface area contributed by atoms with E-state index in [1.165, 1.54) is 19.3 Å². The van der Waals surface area contributed by atoms with Crippen LogP contribution in [0, 0.1) is 0 Å². The number of H-pyrrole nitrogens is 1. The minimum absolute atomic E-state index is 0. The van der Waals surface area contributed by atoms with E-state index in [1.807, 2.05) is 60.7 Å². The highest BCUT2D eigenvalue weighted by molar-refractivity contribution is 6.00. The van der Waals surface area contributed by atoms with Gasteiger partial charge in [0.25, 0.3) is 5.91 Å². The molecular weight excluding hydrogens is 626 g/mol. The van der Waals surface area contributed by atoms with Crippen LogP contribution in [0.25, 0.3) is 33.3 Å². The van der Waals surface area contributed by atoms with E-state index in [4.69, 9.17) is 15.5 Å². The molecule has 1 fully saturated rings. The van der Waals surface area contributed by atoms with Crippen LogP contribution in [0.3, 0.4) is 0 Å². The Bertz CT molecular complexity index is 2050. The highest BCUT2D eigenvalue weighted by Crippen LogP contribution is 2.36. The lowest BCUT2D eigenvalue weighted by Crippen LogP contribution is -2.45. The van der Waals surface area contributed by atoms with Crippen molar-refractivity contribution in [3.8, 4) is 22.9 Å². The van der Waals surface area contributed by atoms with Crippen LogP contribution in [0.5, 0.6) is 11.5 Å².